The van der Waals surface area contributed by atoms with Crippen LogP contribution in [0.4, 0.5) is 4.39 Å². The number of hydrogen-bond acceptors (Lipinski definition) is 1. The third-order valence-electron chi connectivity index (χ3n) is 3.79. The molecule has 2 N–H and O–H groups in total. The minimum absolute atomic E-state index is 0.0570. The van der Waals surface area contributed by atoms with E-state index >= 15 is 0 Å². The van der Waals surface area contributed by atoms with Crippen LogP contribution < -0.4 is 5.73 Å². The Morgan fingerprint density at radius 3 is 2.62 bits per heavy atom. The van der Waals surface area contributed by atoms with Gasteiger partial charge in [0.05, 0.1) is 0 Å². The molecule has 2 heteroatoms. The Balaban J connectivity index is 2.01. The van der Waals surface area contributed by atoms with E-state index in [2.05, 4.69) is 6.92 Å². The van der Waals surface area contributed by atoms with Gasteiger partial charge in [-0.25, -0.2) is 4.39 Å². The topological polar surface area (TPSA) is 26.0 Å². The van der Waals surface area contributed by atoms with E-state index in [4.69, 9.17) is 5.73 Å². The number of benzene rings is 1. The average Bonchev–Trinajstić information content (AvgIpc) is 2.64. The van der Waals surface area contributed by atoms with Crippen molar-refractivity contribution in [2.24, 2.45) is 11.7 Å². The van der Waals surface area contributed by atoms with Crippen molar-refractivity contribution >= 4 is 0 Å². The summed E-state index contributed by atoms with van der Waals surface area (Å²) in [4.78, 5) is 0. The molecule has 1 aliphatic carbocycles. The van der Waals surface area contributed by atoms with Gasteiger partial charge in [0.15, 0.2) is 0 Å². The van der Waals surface area contributed by atoms with Crippen LogP contribution in [0.5, 0.6) is 0 Å². The zero-order chi connectivity index (χ0) is 11.6. The van der Waals surface area contributed by atoms with Crippen LogP contribution in [-0.4, -0.2) is 5.54 Å². The summed E-state index contributed by atoms with van der Waals surface area (Å²) in [6, 6.07) is 6.74. The summed E-state index contributed by atoms with van der Waals surface area (Å²) in [5.74, 6) is 0.609. The lowest BCUT2D eigenvalue weighted by Gasteiger charge is -2.24. The van der Waals surface area contributed by atoms with Crippen LogP contribution in [0.1, 0.15) is 38.2 Å². The quantitative estimate of drug-likeness (QED) is 0.833. The van der Waals surface area contributed by atoms with E-state index in [1.807, 2.05) is 12.1 Å². The van der Waals surface area contributed by atoms with E-state index in [1.165, 1.54) is 25.0 Å². The van der Waals surface area contributed by atoms with Crippen LogP contribution in [0.3, 0.4) is 0 Å². The lowest BCUT2D eigenvalue weighted by molar-refractivity contribution is 0.406. The van der Waals surface area contributed by atoms with Gasteiger partial charge in [-0.05, 0) is 49.3 Å². The van der Waals surface area contributed by atoms with E-state index in [0.717, 1.165) is 30.7 Å². The van der Waals surface area contributed by atoms with Crippen LogP contribution in [0.25, 0.3) is 0 Å². The molecule has 16 heavy (non-hydrogen) atoms. The minimum atomic E-state index is -0.173. The SMILES string of the molecule is CCC1CCC(N)(Cc2ccc(F)cc2)C1. The van der Waals surface area contributed by atoms with Gasteiger partial charge in [-0.2, -0.15) is 0 Å². The number of hydrogen-bond donors (Lipinski definition) is 1. The summed E-state index contributed by atoms with van der Waals surface area (Å²) in [6.07, 6.45) is 5.56. The molecule has 0 radical (unpaired) electrons. The summed E-state index contributed by atoms with van der Waals surface area (Å²) >= 11 is 0. The Morgan fingerprint density at radius 2 is 2.06 bits per heavy atom. The van der Waals surface area contributed by atoms with Gasteiger partial charge in [0.25, 0.3) is 0 Å². The van der Waals surface area contributed by atoms with E-state index in [9.17, 15) is 4.39 Å². The van der Waals surface area contributed by atoms with Crippen LogP contribution in [0.2, 0.25) is 0 Å². The van der Waals surface area contributed by atoms with Crippen molar-refractivity contribution in [3.8, 4) is 0 Å². The predicted octanol–water partition coefficient (Wildman–Crippen LogP) is 3.28. The second kappa shape index (κ2) is 4.54. The molecule has 2 atom stereocenters. The van der Waals surface area contributed by atoms with Crippen LogP contribution in [0, 0.1) is 11.7 Å². The second-order valence-corrected chi connectivity index (χ2v) is 5.18. The summed E-state index contributed by atoms with van der Waals surface area (Å²) in [5.41, 5.74) is 7.50. The Morgan fingerprint density at radius 1 is 1.38 bits per heavy atom. The molecule has 0 aromatic heterocycles. The van der Waals surface area contributed by atoms with E-state index in [0.29, 0.717) is 0 Å². The fraction of sp³-hybridized carbons (Fsp3) is 0.571. The third kappa shape index (κ3) is 2.62. The zero-order valence-corrected chi connectivity index (χ0v) is 9.88. The van der Waals surface area contributed by atoms with Crippen LogP contribution in [0.15, 0.2) is 24.3 Å². The van der Waals surface area contributed by atoms with Gasteiger partial charge < -0.3 is 5.73 Å². The second-order valence-electron chi connectivity index (χ2n) is 5.18. The van der Waals surface area contributed by atoms with Gasteiger partial charge >= 0.3 is 0 Å². The molecule has 1 saturated carbocycles. The maximum atomic E-state index is 12.8. The predicted molar refractivity (Wildman–Crippen MR) is 64.7 cm³/mol. The van der Waals surface area contributed by atoms with Gasteiger partial charge in [0, 0.05) is 5.54 Å². The minimum Gasteiger partial charge on any atom is -0.325 e. The van der Waals surface area contributed by atoms with Crippen molar-refractivity contribution < 1.29 is 4.39 Å². The van der Waals surface area contributed by atoms with Gasteiger partial charge in [-0.3, -0.25) is 0 Å². The first-order valence-corrected chi connectivity index (χ1v) is 6.15. The molecule has 0 aliphatic heterocycles. The van der Waals surface area contributed by atoms with Crippen molar-refractivity contribution in [3.63, 3.8) is 0 Å². The average molecular weight is 221 g/mol. The third-order valence-corrected chi connectivity index (χ3v) is 3.79. The lowest BCUT2D eigenvalue weighted by atomic mass is 9.89. The Bertz CT molecular complexity index is 346. The van der Waals surface area contributed by atoms with Gasteiger partial charge in [-0.1, -0.05) is 25.5 Å². The van der Waals surface area contributed by atoms with E-state index < -0.39 is 0 Å². The Kier molecular flexibility index (Phi) is 3.29. The molecule has 1 nitrogen and oxygen atoms in total. The summed E-state index contributed by atoms with van der Waals surface area (Å²) < 4.78 is 12.8. The van der Waals surface area contributed by atoms with Crippen molar-refractivity contribution in [3.05, 3.63) is 35.6 Å². The largest absolute Gasteiger partial charge is 0.325 e. The van der Waals surface area contributed by atoms with Gasteiger partial charge in [-0.15, -0.1) is 0 Å². The molecule has 1 aliphatic rings. The monoisotopic (exact) mass is 221 g/mol. The summed E-state index contributed by atoms with van der Waals surface area (Å²) in [5, 5.41) is 0. The van der Waals surface area contributed by atoms with E-state index in [1.54, 1.807) is 0 Å². The van der Waals surface area contributed by atoms with Crippen molar-refractivity contribution in [2.75, 3.05) is 0 Å². The first-order valence-electron chi connectivity index (χ1n) is 6.15. The highest BCUT2D eigenvalue weighted by molar-refractivity contribution is 5.19. The molecule has 0 amide bonds. The number of rotatable bonds is 3. The lowest BCUT2D eigenvalue weighted by Crippen LogP contribution is -2.39. The molecule has 0 heterocycles. The smallest absolute Gasteiger partial charge is 0.123 e. The van der Waals surface area contributed by atoms with Gasteiger partial charge in [0.1, 0.15) is 5.82 Å². The number of nitrogens with two attached hydrogens (primary N) is 1. The molecule has 2 rings (SSSR count). The zero-order valence-electron chi connectivity index (χ0n) is 9.88. The molecule has 2 unspecified atom stereocenters. The molecule has 0 spiro atoms. The molecule has 1 aromatic carbocycles. The first kappa shape index (κ1) is 11.6. The molecule has 0 bridgehead atoms. The Hall–Kier alpha value is -0.890. The van der Waals surface area contributed by atoms with Crippen molar-refractivity contribution in [1.82, 2.24) is 0 Å². The molecular formula is C14H20FN. The van der Waals surface area contributed by atoms with Gasteiger partial charge in [0.2, 0.25) is 0 Å². The van der Waals surface area contributed by atoms with Crippen molar-refractivity contribution in [1.29, 1.82) is 0 Å². The maximum absolute atomic E-state index is 12.8. The van der Waals surface area contributed by atoms with Crippen molar-refractivity contribution in [2.45, 2.75) is 44.6 Å². The standard InChI is InChI=1S/C14H20FN/c1-2-11-7-8-14(16,9-11)10-12-3-5-13(15)6-4-12/h3-6,11H,2,7-10,16H2,1H3. The van der Waals surface area contributed by atoms with E-state index in [-0.39, 0.29) is 11.4 Å². The highest BCUT2D eigenvalue weighted by atomic mass is 19.1. The molecular weight excluding hydrogens is 201 g/mol. The Labute approximate surface area is 96.9 Å². The summed E-state index contributed by atoms with van der Waals surface area (Å²) in [6.45, 7) is 2.23. The molecule has 1 aromatic rings. The summed E-state index contributed by atoms with van der Waals surface area (Å²) in [7, 11) is 0. The maximum Gasteiger partial charge on any atom is 0.123 e. The first-order chi connectivity index (χ1) is 7.61. The fourth-order valence-electron chi connectivity index (χ4n) is 2.79. The molecule has 1 fully saturated rings. The molecule has 0 saturated heterocycles. The highest BCUT2D eigenvalue weighted by Crippen LogP contribution is 2.36. The number of halogens is 1. The van der Waals surface area contributed by atoms with Crippen LogP contribution in [-0.2, 0) is 6.42 Å². The highest BCUT2D eigenvalue weighted by Gasteiger charge is 2.34. The molecule has 88 valence electrons. The van der Waals surface area contributed by atoms with Crippen LogP contribution >= 0.6 is 0 Å². The fourth-order valence-corrected chi connectivity index (χ4v) is 2.79. The normalized spacial score (nSPS) is 29.6.